The number of ether oxygens (including phenoxy) is 2. The SMILES string of the molecule is NC(=O)c1c[n+](C2OC(COP(=O)([O-])OP(=O)(O)OCC3OC(n4cnc5c(N)ncnc54)C(O)C3O)C(O)C2O)ccc1C(=O)c1ccncc1. The van der Waals surface area contributed by atoms with Gasteiger partial charge in [-0.15, -0.1) is 0 Å². The molecule has 2 aliphatic heterocycles. The number of nitrogens with zero attached hydrogens (tertiary/aromatic N) is 6. The molecule has 0 radical (unpaired) electrons. The molecule has 0 aromatic carbocycles. The van der Waals surface area contributed by atoms with Gasteiger partial charge in [0.15, 0.2) is 42.0 Å². The number of carbonyl (C=O) groups is 2. The molecule has 0 bridgehead atoms. The molecule has 52 heavy (non-hydrogen) atoms. The lowest BCUT2D eigenvalue weighted by Gasteiger charge is -2.26. The number of aliphatic hydroxyl groups excluding tert-OH is 4. The largest absolute Gasteiger partial charge is 0.756 e. The van der Waals surface area contributed by atoms with Crippen LogP contribution in [0.15, 0.2) is 55.6 Å². The number of pyridine rings is 2. The van der Waals surface area contributed by atoms with Crippen molar-refractivity contribution in [3.8, 4) is 0 Å². The molecule has 2 fully saturated rings. The Morgan fingerprint density at radius 1 is 0.942 bits per heavy atom. The van der Waals surface area contributed by atoms with Crippen molar-refractivity contribution in [2.24, 2.45) is 5.73 Å². The normalized spacial score (nSPS) is 28.4. The topological polar surface area (TPSA) is 351 Å². The van der Waals surface area contributed by atoms with Crippen LogP contribution in [0.4, 0.5) is 5.82 Å². The van der Waals surface area contributed by atoms with Crippen molar-refractivity contribution < 1.29 is 76.3 Å². The van der Waals surface area contributed by atoms with Gasteiger partial charge in [0.1, 0.15) is 47.9 Å². The highest BCUT2D eigenvalue weighted by Crippen LogP contribution is 2.58. The molecule has 1 amide bonds. The second kappa shape index (κ2) is 14.7. The molecular weight excluding hydrogens is 738 g/mol. The number of aromatic nitrogens is 6. The molecule has 9 N–H and O–H groups in total. The summed E-state index contributed by atoms with van der Waals surface area (Å²) in [6.07, 6.45) is -5.25. The Kier molecular flexibility index (Phi) is 10.6. The summed E-state index contributed by atoms with van der Waals surface area (Å²) in [6.45, 7) is -2.00. The third kappa shape index (κ3) is 7.63. The first kappa shape index (κ1) is 37.6. The van der Waals surface area contributed by atoms with E-state index in [0.29, 0.717) is 0 Å². The van der Waals surface area contributed by atoms with Crippen LogP contribution < -0.4 is 20.9 Å². The number of hydrogen-bond donors (Lipinski definition) is 7. The number of primary amides is 1. The van der Waals surface area contributed by atoms with Crippen LogP contribution >= 0.6 is 15.6 Å². The fourth-order valence-electron chi connectivity index (χ4n) is 5.50. The van der Waals surface area contributed by atoms with Crippen molar-refractivity contribution >= 4 is 44.3 Å². The zero-order chi connectivity index (χ0) is 37.5. The van der Waals surface area contributed by atoms with Gasteiger partial charge < -0.3 is 55.7 Å². The van der Waals surface area contributed by atoms with Crippen molar-refractivity contribution in [1.82, 2.24) is 24.5 Å². The molecule has 10 unspecified atom stereocenters. The molecule has 4 aromatic rings. The Labute approximate surface area is 291 Å². The summed E-state index contributed by atoms with van der Waals surface area (Å²) in [6, 6.07) is 4.08. The average molecular weight is 769 g/mol. The van der Waals surface area contributed by atoms with Gasteiger partial charge in [0.2, 0.25) is 0 Å². The Hall–Kier alpha value is -4.19. The Morgan fingerprint density at radius 3 is 2.33 bits per heavy atom. The molecule has 6 heterocycles. The molecule has 23 nitrogen and oxygen atoms in total. The average Bonchev–Trinajstić information content (AvgIpc) is 3.75. The Bertz CT molecular complexity index is 2080. The number of amides is 1. The van der Waals surface area contributed by atoms with Crippen LogP contribution in [0.2, 0.25) is 0 Å². The lowest BCUT2D eigenvalue weighted by Crippen LogP contribution is -2.47. The van der Waals surface area contributed by atoms with Gasteiger partial charge in [0.25, 0.3) is 20.0 Å². The molecule has 0 spiro atoms. The van der Waals surface area contributed by atoms with Crippen LogP contribution in [-0.4, -0.2) is 111 Å². The third-order valence-electron chi connectivity index (χ3n) is 8.07. The van der Waals surface area contributed by atoms with Gasteiger partial charge in [0.05, 0.1) is 19.5 Å². The van der Waals surface area contributed by atoms with E-state index in [9.17, 15) is 48.9 Å². The second-order valence-corrected chi connectivity index (χ2v) is 14.4. The highest BCUT2D eigenvalue weighted by molar-refractivity contribution is 7.60. The van der Waals surface area contributed by atoms with Gasteiger partial charge >= 0.3 is 7.82 Å². The molecule has 25 heteroatoms. The van der Waals surface area contributed by atoms with E-state index in [1.807, 2.05) is 0 Å². The van der Waals surface area contributed by atoms with E-state index in [-0.39, 0.29) is 33.7 Å². The van der Waals surface area contributed by atoms with Crippen LogP contribution in [0.25, 0.3) is 11.2 Å². The number of imidazole rings is 1. The van der Waals surface area contributed by atoms with Crippen LogP contribution in [0.3, 0.4) is 0 Å². The smallest absolute Gasteiger partial charge is 0.478 e. The zero-order valence-corrected chi connectivity index (χ0v) is 28.1. The van der Waals surface area contributed by atoms with Crippen LogP contribution in [0.5, 0.6) is 0 Å². The molecular formula is C27H30N8O15P2. The minimum atomic E-state index is -5.71. The summed E-state index contributed by atoms with van der Waals surface area (Å²) in [4.78, 5) is 63.4. The Balaban J connectivity index is 1.05. The second-order valence-electron chi connectivity index (χ2n) is 11.4. The number of ketones is 1. The number of phosphoric ester groups is 2. The standard InChI is InChI=1S/C27H30N8O15P2/c28-23-17-25(32-10-31-23)35(11-33-17)27-22(40)20(38)16(49-27)9-47-52(44,45)50-51(42,43)46-8-15-19(37)21(39)26(48-15)34-6-3-13(14(7-34)24(29)41)18(36)12-1-4-30-5-2-12/h1-7,10-11,15-16,19-22,26-27,37-40H,8-9H2,(H5-,28,29,31,32,41,42,43,44,45). The van der Waals surface area contributed by atoms with Crippen LogP contribution in [0, 0.1) is 0 Å². The lowest BCUT2D eigenvalue weighted by molar-refractivity contribution is -0.765. The molecule has 2 aliphatic rings. The molecule has 2 saturated heterocycles. The zero-order valence-electron chi connectivity index (χ0n) is 26.3. The number of phosphoric acid groups is 2. The fourth-order valence-corrected chi connectivity index (χ4v) is 7.55. The highest BCUT2D eigenvalue weighted by Gasteiger charge is 2.50. The minimum absolute atomic E-state index is 0.0311. The quantitative estimate of drug-likeness (QED) is 0.0404. The Morgan fingerprint density at radius 2 is 1.62 bits per heavy atom. The number of nitrogen functional groups attached to an aromatic ring is 1. The summed E-state index contributed by atoms with van der Waals surface area (Å²) >= 11 is 0. The summed E-state index contributed by atoms with van der Waals surface area (Å²) in [7, 11) is -11.2. The molecule has 278 valence electrons. The fraction of sp³-hybridized carbons (Fsp3) is 0.370. The van der Waals surface area contributed by atoms with E-state index in [0.717, 1.165) is 17.1 Å². The molecule has 0 aliphatic carbocycles. The van der Waals surface area contributed by atoms with Gasteiger partial charge in [-0.25, -0.2) is 23.8 Å². The minimum Gasteiger partial charge on any atom is -0.756 e. The van der Waals surface area contributed by atoms with Gasteiger partial charge in [-0.3, -0.25) is 28.2 Å². The summed E-state index contributed by atoms with van der Waals surface area (Å²) in [5.41, 5.74) is 11.4. The van der Waals surface area contributed by atoms with Crippen LogP contribution in [-0.2, 0) is 32.0 Å². The van der Waals surface area contributed by atoms with E-state index >= 15 is 0 Å². The maximum atomic E-state index is 13.0. The van der Waals surface area contributed by atoms with Gasteiger partial charge in [-0.1, -0.05) is 0 Å². The van der Waals surface area contributed by atoms with Gasteiger partial charge in [0, 0.05) is 29.6 Å². The number of fused-ring (bicyclic) bond motifs is 1. The predicted molar refractivity (Wildman–Crippen MR) is 165 cm³/mol. The van der Waals surface area contributed by atoms with Crippen LogP contribution in [0.1, 0.15) is 38.7 Å². The first-order valence-electron chi connectivity index (χ1n) is 15.0. The molecule has 6 rings (SSSR count). The van der Waals surface area contributed by atoms with E-state index < -0.39 is 89.6 Å². The van der Waals surface area contributed by atoms with E-state index in [1.165, 1.54) is 47.7 Å². The maximum absolute atomic E-state index is 13.0. The van der Waals surface area contributed by atoms with E-state index in [2.05, 4.69) is 28.8 Å². The highest BCUT2D eigenvalue weighted by atomic mass is 31.3. The van der Waals surface area contributed by atoms with Crippen molar-refractivity contribution in [1.29, 1.82) is 0 Å². The number of hydrogen-bond acceptors (Lipinski definition) is 19. The van der Waals surface area contributed by atoms with Crippen molar-refractivity contribution in [2.45, 2.75) is 49.1 Å². The summed E-state index contributed by atoms with van der Waals surface area (Å²) < 4.78 is 52.0. The number of aliphatic hydroxyl groups is 4. The predicted octanol–water partition coefficient (Wildman–Crippen LogP) is -3.02. The number of rotatable bonds is 13. The number of anilines is 1. The first-order chi connectivity index (χ1) is 24.6. The number of nitrogens with two attached hydrogens (primary N) is 2. The van der Waals surface area contributed by atoms with Gasteiger partial charge in [-0.2, -0.15) is 4.57 Å². The van der Waals surface area contributed by atoms with Crippen molar-refractivity contribution in [2.75, 3.05) is 18.9 Å². The monoisotopic (exact) mass is 768 g/mol. The summed E-state index contributed by atoms with van der Waals surface area (Å²) in [5.74, 6) is -1.53. The van der Waals surface area contributed by atoms with E-state index in [1.54, 1.807) is 0 Å². The molecule has 10 atom stereocenters. The molecule has 0 saturated carbocycles. The van der Waals surface area contributed by atoms with Gasteiger partial charge in [-0.05, 0) is 12.1 Å². The van der Waals surface area contributed by atoms with E-state index in [4.69, 9.17) is 25.5 Å². The summed E-state index contributed by atoms with van der Waals surface area (Å²) in [5, 5.41) is 42.2. The lowest BCUT2D eigenvalue weighted by atomic mass is 10.0. The van der Waals surface area contributed by atoms with Crippen molar-refractivity contribution in [3.05, 3.63) is 72.3 Å². The third-order valence-corrected chi connectivity index (χ3v) is 10.6. The molecule has 4 aromatic heterocycles. The maximum Gasteiger partial charge on any atom is 0.478 e. The number of carbonyl (C=O) groups excluding carboxylic acids is 2. The first-order valence-corrected chi connectivity index (χ1v) is 17.9. The van der Waals surface area contributed by atoms with Crippen molar-refractivity contribution in [3.63, 3.8) is 0 Å².